The number of hydrogen-bond donors (Lipinski definition) is 2. The van der Waals surface area contributed by atoms with E-state index in [9.17, 15) is 13.6 Å². The second-order valence-electron chi connectivity index (χ2n) is 4.31. The van der Waals surface area contributed by atoms with E-state index in [1.165, 1.54) is 0 Å². The Morgan fingerprint density at radius 2 is 2.12 bits per heavy atom. The molecule has 0 saturated heterocycles. The third-order valence-corrected chi connectivity index (χ3v) is 3.33. The number of primary amides is 1. The molecule has 1 fully saturated rings. The zero-order chi connectivity index (χ0) is 12.2. The molecule has 1 aromatic rings. The van der Waals surface area contributed by atoms with Crippen LogP contribution in [0, 0.1) is 17.6 Å². The van der Waals surface area contributed by atoms with Crippen LogP contribution in [0.4, 0.5) is 13.6 Å². The summed E-state index contributed by atoms with van der Waals surface area (Å²) in [6.45, 7) is 0.267. The summed E-state index contributed by atoms with van der Waals surface area (Å²) in [5.74, 6) is -1.39. The Hall–Kier alpha value is -1.85. The fourth-order valence-corrected chi connectivity index (χ4v) is 2.52. The van der Waals surface area contributed by atoms with E-state index in [1.54, 1.807) is 0 Å². The van der Waals surface area contributed by atoms with E-state index in [1.807, 2.05) is 0 Å². The number of benzene rings is 1. The van der Waals surface area contributed by atoms with E-state index < -0.39 is 17.7 Å². The summed E-state index contributed by atoms with van der Waals surface area (Å²) in [6.07, 6.45) is 0. The number of urea groups is 1. The van der Waals surface area contributed by atoms with Gasteiger partial charge in [0.05, 0.1) is 6.61 Å². The number of nitrogens with one attached hydrogen (secondary N) is 1. The molecular formula is C11H10F2N2O2. The third-order valence-electron chi connectivity index (χ3n) is 3.33. The highest BCUT2D eigenvalue weighted by molar-refractivity contribution is 5.73. The van der Waals surface area contributed by atoms with Gasteiger partial charge in [0.25, 0.3) is 0 Å². The van der Waals surface area contributed by atoms with Crippen molar-refractivity contribution in [2.24, 2.45) is 11.7 Å². The fourth-order valence-electron chi connectivity index (χ4n) is 2.52. The predicted molar refractivity (Wildman–Crippen MR) is 54.6 cm³/mol. The number of halogens is 2. The van der Waals surface area contributed by atoms with Crippen LogP contribution in [0.2, 0.25) is 0 Å². The van der Waals surface area contributed by atoms with Crippen LogP contribution in [0.15, 0.2) is 12.1 Å². The molecule has 2 aliphatic rings. The average Bonchev–Trinajstić information content (AvgIpc) is 2.96. The lowest BCUT2D eigenvalue weighted by Crippen LogP contribution is -2.32. The number of carbonyl (C=O) groups is 1. The molecular weight excluding hydrogens is 230 g/mol. The second kappa shape index (κ2) is 3.32. The Bertz CT molecular complexity index is 506. The lowest BCUT2D eigenvalue weighted by atomic mass is 10.0. The van der Waals surface area contributed by atoms with Gasteiger partial charge >= 0.3 is 6.03 Å². The quantitative estimate of drug-likeness (QED) is 0.772. The molecule has 3 N–H and O–H groups in total. The average molecular weight is 240 g/mol. The van der Waals surface area contributed by atoms with Gasteiger partial charge in [0.2, 0.25) is 0 Å². The third kappa shape index (κ3) is 1.44. The summed E-state index contributed by atoms with van der Waals surface area (Å²) in [5, 5.41) is 2.52. The van der Waals surface area contributed by atoms with Crippen molar-refractivity contribution in [1.82, 2.24) is 5.32 Å². The maximum atomic E-state index is 13.6. The summed E-state index contributed by atoms with van der Waals surface area (Å²) < 4.78 is 32.3. The van der Waals surface area contributed by atoms with Gasteiger partial charge in [0, 0.05) is 23.4 Å². The molecule has 3 rings (SSSR count). The second-order valence-corrected chi connectivity index (χ2v) is 4.31. The van der Waals surface area contributed by atoms with Crippen molar-refractivity contribution >= 4 is 6.03 Å². The number of fused-ring (bicyclic) bond motifs is 3. The minimum Gasteiger partial charge on any atom is -0.490 e. The zero-order valence-electron chi connectivity index (χ0n) is 8.74. The van der Waals surface area contributed by atoms with E-state index in [-0.39, 0.29) is 35.8 Å². The molecule has 0 bridgehead atoms. The van der Waals surface area contributed by atoms with Crippen LogP contribution in [0.5, 0.6) is 5.75 Å². The number of ether oxygens (including phenoxy) is 1. The molecule has 6 heteroatoms. The Morgan fingerprint density at radius 1 is 1.41 bits per heavy atom. The van der Waals surface area contributed by atoms with Crippen LogP contribution in [0.25, 0.3) is 0 Å². The molecule has 2 amide bonds. The molecule has 1 aromatic carbocycles. The fraction of sp³-hybridized carbons (Fsp3) is 0.364. The monoisotopic (exact) mass is 240 g/mol. The largest absolute Gasteiger partial charge is 0.490 e. The molecule has 17 heavy (non-hydrogen) atoms. The SMILES string of the molecule is NC(=O)NC1C2COc3c(F)ccc(F)c3C21. The molecule has 0 spiro atoms. The van der Waals surface area contributed by atoms with Gasteiger partial charge in [-0.1, -0.05) is 0 Å². The van der Waals surface area contributed by atoms with Gasteiger partial charge < -0.3 is 15.8 Å². The maximum absolute atomic E-state index is 13.6. The molecule has 4 nitrogen and oxygen atoms in total. The first-order valence-corrected chi connectivity index (χ1v) is 5.26. The van der Waals surface area contributed by atoms with Gasteiger partial charge in [-0.3, -0.25) is 0 Å². The summed E-state index contributed by atoms with van der Waals surface area (Å²) in [7, 11) is 0. The van der Waals surface area contributed by atoms with Crippen molar-refractivity contribution in [3.63, 3.8) is 0 Å². The van der Waals surface area contributed by atoms with Gasteiger partial charge in [-0.15, -0.1) is 0 Å². The van der Waals surface area contributed by atoms with Crippen molar-refractivity contribution in [2.75, 3.05) is 6.61 Å². The van der Waals surface area contributed by atoms with Crippen molar-refractivity contribution in [1.29, 1.82) is 0 Å². The standard InChI is InChI=1S/C11H10F2N2O2/c12-5-1-2-6(13)10-8(5)7-4(3-17-10)9(7)15-11(14)16/h1-2,4,7,9H,3H2,(H3,14,15,16). The number of carbonyl (C=O) groups excluding carboxylic acids is 1. The Kier molecular flexibility index (Phi) is 2.01. The van der Waals surface area contributed by atoms with Crippen LogP contribution in [0.1, 0.15) is 11.5 Å². The highest BCUT2D eigenvalue weighted by Gasteiger charge is 2.57. The van der Waals surface area contributed by atoms with E-state index in [0.29, 0.717) is 0 Å². The highest BCUT2D eigenvalue weighted by Crippen LogP contribution is 2.55. The van der Waals surface area contributed by atoms with Crippen LogP contribution in [-0.4, -0.2) is 18.7 Å². The summed E-state index contributed by atoms with van der Waals surface area (Å²) in [5.41, 5.74) is 5.23. The van der Waals surface area contributed by atoms with Crippen molar-refractivity contribution in [3.8, 4) is 5.75 Å². The topological polar surface area (TPSA) is 64.4 Å². The summed E-state index contributed by atoms with van der Waals surface area (Å²) >= 11 is 0. The first-order chi connectivity index (χ1) is 8.09. The molecule has 1 heterocycles. The van der Waals surface area contributed by atoms with E-state index >= 15 is 0 Å². The van der Waals surface area contributed by atoms with Crippen molar-refractivity contribution in [2.45, 2.75) is 12.0 Å². The van der Waals surface area contributed by atoms with Crippen LogP contribution in [-0.2, 0) is 0 Å². The molecule has 0 radical (unpaired) electrons. The Labute approximate surface area is 95.7 Å². The Balaban J connectivity index is 1.98. The first-order valence-electron chi connectivity index (χ1n) is 5.26. The normalized spacial score (nSPS) is 28.7. The number of rotatable bonds is 1. The number of hydrogen-bond acceptors (Lipinski definition) is 2. The van der Waals surface area contributed by atoms with Crippen LogP contribution in [0.3, 0.4) is 0 Å². The van der Waals surface area contributed by atoms with Gasteiger partial charge in [-0.05, 0) is 12.1 Å². The number of amides is 2. The van der Waals surface area contributed by atoms with Crippen molar-refractivity contribution in [3.05, 3.63) is 29.3 Å². The lowest BCUT2D eigenvalue weighted by Gasteiger charge is -2.16. The zero-order valence-corrected chi connectivity index (χ0v) is 8.74. The van der Waals surface area contributed by atoms with E-state index in [4.69, 9.17) is 10.5 Å². The first kappa shape index (κ1) is 10.3. The van der Waals surface area contributed by atoms with Gasteiger partial charge in [-0.2, -0.15) is 0 Å². The van der Waals surface area contributed by atoms with Crippen LogP contribution >= 0.6 is 0 Å². The van der Waals surface area contributed by atoms with Crippen molar-refractivity contribution < 1.29 is 18.3 Å². The van der Waals surface area contributed by atoms with Gasteiger partial charge in [-0.25, -0.2) is 13.6 Å². The maximum Gasteiger partial charge on any atom is 0.312 e. The number of nitrogens with two attached hydrogens (primary N) is 1. The smallest absolute Gasteiger partial charge is 0.312 e. The van der Waals surface area contributed by atoms with E-state index in [2.05, 4.69) is 5.32 Å². The minimum atomic E-state index is -0.664. The molecule has 1 aliphatic carbocycles. The Morgan fingerprint density at radius 3 is 2.82 bits per heavy atom. The summed E-state index contributed by atoms with van der Waals surface area (Å²) in [4.78, 5) is 10.8. The molecule has 3 atom stereocenters. The molecule has 3 unspecified atom stereocenters. The minimum absolute atomic E-state index is 0.0219. The van der Waals surface area contributed by atoms with E-state index in [0.717, 1.165) is 12.1 Å². The summed E-state index contributed by atoms with van der Waals surface area (Å²) in [6, 6.07) is 1.18. The molecule has 1 saturated carbocycles. The van der Waals surface area contributed by atoms with Crippen LogP contribution < -0.4 is 15.8 Å². The molecule has 90 valence electrons. The molecule has 0 aromatic heterocycles. The molecule has 1 aliphatic heterocycles. The van der Waals surface area contributed by atoms with Gasteiger partial charge in [0.1, 0.15) is 5.82 Å². The highest BCUT2D eigenvalue weighted by atomic mass is 19.1. The van der Waals surface area contributed by atoms with Gasteiger partial charge in [0.15, 0.2) is 11.6 Å². The predicted octanol–water partition coefficient (Wildman–Crippen LogP) is 1.11. The lowest BCUT2D eigenvalue weighted by molar-refractivity contribution is 0.245.